The molecule has 1 unspecified atom stereocenters. The molecule has 1 aromatic rings. The first kappa shape index (κ1) is 7.61. The van der Waals surface area contributed by atoms with Crippen molar-refractivity contribution < 1.29 is 0 Å². The minimum Gasteiger partial charge on any atom is -0.355 e. The van der Waals surface area contributed by atoms with Gasteiger partial charge in [0.1, 0.15) is 5.82 Å². The zero-order valence-electron chi connectivity index (χ0n) is 7.03. The predicted molar refractivity (Wildman–Crippen MR) is 48.0 cm³/mol. The number of hydrogen-bond donors (Lipinski definition) is 2. The van der Waals surface area contributed by atoms with Crippen molar-refractivity contribution in [3.8, 4) is 0 Å². The van der Waals surface area contributed by atoms with Gasteiger partial charge >= 0.3 is 0 Å². The van der Waals surface area contributed by atoms with E-state index < -0.39 is 0 Å². The van der Waals surface area contributed by atoms with Crippen molar-refractivity contribution in [3.63, 3.8) is 0 Å². The van der Waals surface area contributed by atoms with Crippen LogP contribution in [0.1, 0.15) is 12.8 Å². The van der Waals surface area contributed by atoms with Crippen molar-refractivity contribution in [3.05, 3.63) is 12.3 Å². The van der Waals surface area contributed by atoms with Crippen LogP contribution in [0, 0.1) is 0 Å². The maximum absolute atomic E-state index is 5.86. The summed E-state index contributed by atoms with van der Waals surface area (Å²) in [6.07, 6.45) is 4.10. The topological polar surface area (TPSA) is 57.9 Å². The minimum atomic E-state index is 0.321. The molecule has 4 nitrogen and oxygen atoms in total. The van der Waals surface area contributed by atoms with Crippen LogP contribution in [0.2, 0.25) is 0 Å². The van der Waals surface area contributed by atoms with E-state index in [-0.39, 0.29) is 0 Å². The highest BCUT2D eigenvalue weighted by Crippen LogP contribution is 2.15. The van der Waals surface area contributed by atoms with Gasteiger partial charge < -0.3 is 10.6 Å². The van der Waals surface area contributed by atoms with E-state index in [1.54, 1.807) is 6.20 Å². The number of rotatable bonds is 1. The lowest BCUT2D eigenvalue weighted by Gasteiger charge is -2.30. The Morgan fingerprint density at radius 2 is 2.58 bits per heavy atom. The molecule has 1 aliphatic rings. The highest BCUT2D eigenvalue weighted by molar-refractivity contribution is 5.37. The Kier molecular flexibility index (Phi) is 1.99. The first-order chi connectivity index (χ1) is 5.86. The van der Waals surface area contributed by atoms with Gasteiger partial charge in [-0.2, -0.15) is 5.10 Å². The normalized spacial score (nSPS) is 24.4. The summed E-state index contributed by atoms with van der Waals surface area (Å²) < 4.78 is 0. The Bertz CT molecular complexity index is 231. The minimum absolute atomic E-state index is 0.321. The molecule has 1 saturated heterocycles. The summed E-state index contributed by atoms with van der Waals surface area (Å²) in [6.45, 7) is 2.04. The molecule has 0 spiro atoms. The molecular formula is C8H14N4. The second-order valence-corrected chi connectivity index (χ2v) is 3.29. The molecular weight excluding hydrogens is 152 g/mol. The van der Waals surface area contributed by atoms with E-state index in [0.29, 0.717) is 6.04 Å². The standard InChI is InChI=1S/C8H14N4/c9-7-2-1-5-12(6-7)8-3-4-10-11-8/h3-4,7H,1-2,5-6,9H2,(H,10,11). The maximum Gasteiger partial charge on any atom is 0.124 e. The first-order valence-electron chi connectivity index (χ1n) is 4.36. The monoisotopic (exact) mass is 166 g/mol. The summed E-state index contributed by atoms with van der Waals surface area (Å²) in [5, 5.41) is 6.86. The van der Waals surface area contributed by atoms with Crippen LogP contribution in [0.4, 0.5) is 5.82 Å². The van der Waals surface area contributed by atoms with Crippen molar-refractivity contribution in [2.45, 2.75) is 18.9 Å². The average molecular weight is 166 g/mol. The van der Waals surface area contributed by atoms with Crippen LogP contribution in [0.15, 0.2) is 12.3 Å². The molecule has 0 saturated carbocycles. The van der Waals surface area contributed by atoms with E-state index in [1.807, 2.05) is 6.07 Å². The van der Waals surface area contributed by atoms with Gasteiger partial charge in [0.2, 0.25) is 0 Å². The number of H-pyrrole nitrogens is 1. The predicted octanol–water partition coefficient (Wildman–Crippen LogP) is 0.337. The Labute approximate surface area is 71.7 Å². The average Bonchev–Trinajstić information content (AvgIpc) is 2.56. The molecule has 2 rings (SSSR count). The summed E-state index contributed by atoms with van der Waals surface area (Å²) in [5.41, 5.74) is 5.86. The van der Waals surface area contributed by atoms with E-state index in [9.17, 15) is 0 Å². The summed E-state index contributed by atoms with van der Waals surface area (Å²) >= 11 is 0. The first-order valence-corrected chi connectivity index (χ1v) is 4.36. The third-order valence-corrected chi connectivity index (χ3v) is 2.28. The van der Waals surface area contributed by atoms with Crippen molar-refractivity contribution in [2.75, 3.05) is 18.0 Å². The maximum atomic E-state index is 5.86. The quantitative estimate of drug-likeness (QED) is 0.632. The van der Waals surface area contributed by atoms with Gasteiger partial charge in [-0.15, -0.1) is 0 Å². The molecule has 66 valence electrons. The highest BCUT2D eigenvalue weighted by Gasteiger charge is 2.17. The number of nitrogens with zero attached hydrogens (tertiary/aromatic N) is 2. The van der Waals surface area contributed by atoms with E-state index >= 15 is 0 Å². The van der Waals surface area contributed by atoms with E-state index in [2.05, 4.69) is 15.1 Å². The molecule has 3 N–H and O–H groups in total. The fourth-order valence-corrected chi connectivity index (χ4v) is 1.65. The SMILES string of the molecule is NC1CCCN(c2ccn[nH]2)C1. The second-order valence-electron chi connectivity index (χ2n) is 3.29. The largest absolute Gasteiger partial charge is 0.355 e. The zero-order valence-corrected chi connectivity index (χ0v) is 7.03. The number of hydrogen-bond acceptors (Lipinski definition) is 3. The van der Waals surface area contributed by atoms with Crippen molar-refractivity contribution in [2.24, 2.45) is 5.73 Å². The third kappa shape index (κ3) is 1.43. The summed E-state index contributed by atoms with van der Waals surface area (Å²) in [7, 11) is 0. The van der Waals surface area contributed by atoms with Gasteiger partial charge in [-0.1, -0.05) is 0 Å². The van der Waals surface area contributed by atoms with Crippen LogP contribution in [-0.4, -0.2) is 29.3 Å². The lowest BCUT2D eigenvalue weighted by Crippen LogP contribution is -2.43. The van der Waals surface area contributed by atoms with Crippen molar-refractivity contribution in [1.29, 1.82) is 0 Å². The van der Waals surface area contributed by atoms with Gasteiger partial charge in [-0.05, 0) is 12.8 Å². The van der Waals surface area contributed by atoms with Crippen molar-refractivity contribution in [1.82, 2.24) is 10.2 Å². The van der Waals surface area contributed by atoms with Crippen LogP contribution in [0.5, 0.6) is 0 Å². The van der Waals surface area contributed by atoms with E-state index in [1.165, 1.54) is 6.42 Å². The number of aromatic amines is 1. The Balaban J connectivity index is 2.04. The molecule has 0 bridgehead atoms. The van der Waals surface area contributed by atoms with Crippen molar-refractivity contribution >= 4 is 5.82 Å². The van der Waals surface area contributed by atoms with Crippen LogP contribution in [0.25, 0.3) is 0 Å². The van der Waals surface area contributed by atoms with Crippen LogP contribution in [-0.2, 0) is 0 Å². The summed E-state index contributed by atoms with van der Waals surface area (Å²) in [5.74, 6) is 1.09. The Hall–Kier alpha value is -1.03. The van der Waals surface area contributed by atoms with Gasteiger partial charge in [-0.25, -0.2) is 0 Å². The zero-order chi connectivity index (χ0) is 8.39. The molecule has 1 atom stereocenters. The van der Waals surface area contributed by atoms with E-state index in [4.69, 9.17) is 5.73 Å². The smallest absolute Gasteiger partial charge is 0.124 e. The number of nitrogens with two attached hydrogens (primary N) is 1. The molecule has 0 amide bonds. The van der Waals surface area contributed by atoms with Crippen LogP contribution < -0.4 is 10.6 Å². The summed E-state index contributed by atoms with van der Waals surface area (Å²) in [6, 6.07) is 2.31. The van der Waals surface area contributed by atoms with Crippen LogP contribution >= 0.6 is 0 Å². The Morgan fingerprint density at radius 1 is 1.67 bits per heavy atom. The number of nitrogens with one attached hydrogen (secondary N) is 1. The number of anilines is 1. The molecule has 0 aliphatic carbocycles. The third-order valence-electron chi connectivity index (χ3n) is 2.28. The van der Waals surface area contributed by atoms with Gasteiger partial charge in [0.15, 0.2) is 0 Å². The van der Waals surface area contributed by atoms with E-state index in [0.717, 1.165) is 25.3 Å². The molecule has 12 heavy (non-hydrogen) atoms. The summed E-state index contributed by atoms with van der Waals surface area (Å²) in [4.78, 5) is 2.25. The molecule has 1 fully saturated rings. The fraction of sp³-hybridized carbons (Fsp3) is 0.625. The fourth-order valence-electron chi connectivity index (χ4n) is 1.65. The lowest BCUT2D eigenvalue weighted by molar-refractivity contribution is 0.503. The lowest BCUT2D eigenvalue weighted by atomic mass is 10.1. The molecule has 1 aliphatic heterocycles. The van der Waals surface area contributed by atoms with Gasteiger partial charge in [-0.3, -0.25) is 5.10 Å². The van der Waals surface area contributed by atoms with Gasteiger partial charge in [0.05, 0.1) is 6.20 Å². The van der Waals surface area contributed by atoms with Gasteiger partial charge in [0, 0.05) is 25.2 Å². The molecule has 1 aromatic heterocycles. The second kappa shape index (κ2) is 3.15. The molecule has 2 heterocycles. The highest BCUT2D eigenvalue weighted by atomic mass is 15.3. The number of piperidine rings is 1. The molecule has 4 heteroatoms. The Morgan fingerprint density at radius 3 is 3.25 bits per heavy atom. The molecule has 0 aromatic carbocycles. The van der Waals surface area contributed by atoms with Gasteiger partial charge in [0.25, 0.3) is 0 Å². The number of aromatic nitrogens is 2. The van der Waals surface area contributed by atoms with Crippen LogP contribution in [0.3, 0.4) is 0 Å². The molecule has 0 radical (unpaired) electrons.